The zero-order valence-corrected chi connectivity index (χ0v) is 25.8. The Morgan fingerprint density at radius 3 is 2.27 bits per heavy atom. The molecule has 3 aliphatic rings. The minimum Gasteiger partial charge on any atom is -0.363 e. The highest BCUT2D eigenvalue weighted by molar-refractivity contribution is 6.36. The Bertz CT molecular complexity index is 1240. The molecular weight excluding hydrogens is 566 g/mol. The summed E-state index contributed by atoms with van der Waals surface area (Å²) in [7, 11) is 0. The topological polar surface area (TPSA) is 194 Å². The number of carbonyl (C=O) groups excluding carboxylic acids is 6. The van der Waals surface area contributed by atoms with Crippen LogP contribution in [0.5, 0.6) is 0 Å². The standard InChI is InChI=1S/C31H45N7O6/c1-31(2,3)25(37-29(43)24(18-9-5-4-6-10-18)36-27(41)20-16-33-13-14-34-20)30(44)38-21-12-8-7-11-19(21)15-22(38)28(42)35-17-23(39)26(32)40/h13-14,16,18-19,21-22,24-25H,4-12,15,17H2,1-3H3,(H2,32,40)(H,35,42)(H,36,41)(H,37,43)/t19-,21-,22-,24?,25+/m0/s1. The number of hydrogen-bond acceptors (Lipinski definition) is 8. The van der Waals surface area contributed by atoms with Gasteiger partial charge >= 0.3 is 0 Å². The average molecular weight is 612 g/mol. The third kappa shape index (κ3) is 7.78. The number of carbonyl (C=O) groups is 6. The Morgan fingerprint density at radius 2 is 1.64 bits per heavy atom. The summed E-state index contributed by atoms with van der Waals surface area (Å²) in [6, 6.07) is -2.94. The molecule has 240 valence electrons. The van der Waals surface area contributed by atoms with Crippen LogP contribution >= 0.6 is 0 Å². The van der Waals surface area contributed by atoms with Gasteiger partial charge in [0.2, 0.25) is 23.5 Å². The molecule has 5 N–H and O–H groups in total. The number of Topliss-reactive ketones (excluding diaryl/α,β-unsaturated/α-hetero) is 1. The summed E-state index contributed by atoms with van der Waals surface area (Å²) in [4.78, 5) is 87.6. The molecule has 1 aliphatic heterocycles. The van der Waals surface area contributed by atoms with Crippen LogP contribution in [0.1, 0.15) is 95.5 Å². The number of aromatic nitrogens is 2. The van der Waals surface area contributed by atoms with Crippen molar-refractivity contribution in [1.29, 1.82) is 0 Å². The van der Waals surface area contributed by atoms with Crippen LogP contribution < -0.4 is 21.7 Å². The van der Waals surface area contributed by atoms with Crippen LogP contribution in [0.3, 0.4) is 0 Å². The van der Waals surface area contributed by atoms with Gasteiger partial charge in [0.15, 0.2) is 0 Å². The zero-order valence-electron chi connectivity index (χ0n) is 25.8. The van der Waals surface area contributed by atoms with Gasteiger partial charge in [0.1, 0.15) is 23.8 Å². The van der Waals surface area contributed by atoms with Gasteiger partial charge in [-0.1, -0.05) is 52.9 Å². The monoisotopic (exact) mass is 611 g/mol. The first kappa shape index (κ1) is 33.0. The van der Waals surface area contributed by atoms with E-state index in [1.165, 1.54) is 18.6 Å². The number of rotatable bonds is 10. The van der Waals surface area contributed by atoms with Crippen LogP contribution in [0, 0.1) is 17.3 Å². The van der Waals surface area contributed by atoms with Gasteiger partial charge < -0.3 is 26.6 Å². The van der Waals surface area contributed by atoms with Crippen LogP contribution in [-0.4, -0.2) is 80.9 Å². The van der Waals surface area contributed by atoms with Gasteiger partial charge in [0.05, 0.1) is 12.7 Å². The lowest BCUT2D eigenvalue weighted by Crippen LogP contribution is -2.62. The number of fused-ring (bicyclic) bond motifs is 1. The Morgan fingerprint density at radius 1 is 0.955 bits per heavy atom. The van der Waals surface area contributed by atoms with Gasteiger partial charge in [0, 0.05) is 18.4 Å². The quantitative estimate of drug-likeness (QED) is 0.282. The molecule has 2 saturated carbocycles. The Hall–Kier alpha value is -3.90. The fourth-order valence-corrected chi connectivity index (χ4v) is 6.91. The molecule has 2 heterocycles. The van der Waals surface area contributed by atoms with E-state index < -0.39 is 59.5 Å². The minimum atomic E-state index is -1.15. The highest BCUT2D eigenvalue weighted by Crippen LogP contribution is 2.41. The van der Waals surface area contributed by atoms with E-state index in [-0.39, 0.29) is 29.5 Å². The van der Waals surface area contributed by atoms with Crippen molar-refractivity contribution in [3.63, 3.8) is 0 Å². The molecule has 1 aromatic heterocycles. The summed E-state index contributed by atoms with van der Waals surface area (Å²) in [5.74, 6) is -3.98. The van der Waals surface area contributed by atoms with E-state index in [9.17, 15) is 28.8 Å². The van der Waals surface area contributed by atoms with Crippen molar-refractivity contribution < 1.29 is 28.8 Å². The lowest BCUT2D eigenvalue weighted by Gasteiger charge is -2.40. The molecule has 0 bridgehead atoms. The summed E-state index contributed by atoms with van der Waals surface area (Å²) >= 11 is 0. The fourth-order valence-electron chi connectivity index (χ4n) is 6.91. The second-order valence-corrected chi connectivity index (χ2v) is 13.4. The highest BCUT2D eigenvalue weighted by Gasteiger charge is 2.51. The number of hydrogen-bond donors (Lipinski definition) is 4. The van der Waals surface area contributed by atoms with Crippen LogP contribution in [0.4, 0.5) is 0 Å². The summed E-state index contributed by atoms with van der Waals surface area (Å²) in [5, 5.41) is 8.33. The van der Waals surface area contributed by atoms with E-state index in [1.807, 2.05) is 20.8 Å². The number of nitrogens with two attached hydrogens (primary N) is 1. The molecule has 13 nitrogen and oxygen atoms in total. The molecule has 0 spiro atoms. The van der Waals surface area contributed by atoms with Crippen molar-refractivity contribution in [3.8, 4) is 0 Å². The highest BCUT2D eigenvalue weighted by atomic mass is 16.2. The normalized spacial score (nSPS) is 23.5. The van der Waals surface area contributed by atoms with E-state index in [4.69, 9.17) is 5.73 Å². The summed E-state index contributed by atoms with van der Waals surface area (Å²) < 4.78 is 0. The summed E-state index contributed by atoms with van der Waals surface area (Å²) in [6.07, 6.45) is 12.6. The predicted octanol–water partition coefficient (Wildman–Crippen LogP) is 1.02. The molecule has 13 heteroatoms. The van der Waals surface area contributed by atoms with E-state index in [0.717, 1.165) is 57.8 Å². The van der Waals surface area contributed by atoms with Crippen molar-refractivity contribution in [3.05, 3.63) is 24.3 Å². The zero-order chi connectivity index (χ0) is 32.0. The van der Waals surface area contributed by atoms with Crippen LogP contribution in [-0.2, 0) is 24.0 Å². The molecule has 44 heavy (non-hydrogen) atoms. The number of nitrogens with zero attached hydrogens (tertiary/aromatic N) is 3. The van der Waals surface area contributed by atoms with Gasteiger partial charge in [-0.05, 0) is 49.4 Å². The molecule has 0 radical (unpaired) electrons. The van der Waals surface area contributed by atoms with Gasteiger partial charge in [0.25, 0.3) is 11.8 Å². The number of amides is 5. The molecule has 2 aliphatic carbocycles. The summed E-state index contributed by atoms with van der Waals surface area (Å²) in [6.45, 7) is 4.99. The van der Waals surface area contributed by atoms with Crippen LogP contribution in [0.25, 0.3) is 0 Å². The van der Waals surface area contributed by atoms with Crippen molar-refractivity contribution in [2.24, 2.45) is 23.0 Å². The maximum absolute atomic E-state index is 14.5. The molecule has 1 aromatic rings. The van der Waals surface area contributed by atoms with Crippen LogP contribution in [0.15, 0.2) is 18.6 Å². The second kappa shape index (κ2) is 14.3. The number of primary amides is 1. The van der Waals surface area contributed by atoms with E-state index in [1.54, 1.807) is 4.90 Å². The van der Waals surface area contributed by atoms with Crippen molar-refractivity contribution >= 4 is 35.3 Å². The Balaban J connectivity index is 1.58. The second-order valence-electron chi connectivity index (χ2n) is 13.4. The molecule has 4 rings (SSSR count). The smallest absolute Gasteiger partial charge is 0.286 e. The minimum absolute atomic E-state index is 0.0913. The summed E-state index contributed by atoms with van der Waals surface area (Å²) in [5.41, 5.74) is 4.39. The predicted molar refractivity (Wildman–Crippen MR) is 159 cm³/mol. The molecule has 3 fully saturated rings. The number of ketones is 1. The Kier molecular flexibility index (Phi) is 10.7. The molecular formula is C31H45N7O6. The lowest BCUT2D eigenvalue weighted by atomic mass is 9.81. The number of nitrogens with one attached hydrogen (secondary N) is 3. The largest absolute Gasteiger partial charge is 0.363 e. The third-order valence-corrected chi connectivity index (χ3v) is 9.23. The third-order valence-electron chi connectivity index (χ3n) is 9.23. The van der Waals surface area contributed by atoms with E-state index in [0.29, 0.717) is 6.42 Å². The van der Waals surface area contributed by atoms with Gasteiger partial charge in [-0.25, -0.2) is 4.98 Å². The maximum atomic E-state index is 14.5. The molecule has 5 atom stereocenters. The van der Waals surface area contributed by atoms with Crippen LogP contribution in [0.2, 0.25) is 0 Å². The van der Waals surface area contributed by atoms with Gasteiger partial charge in [-0.2, -0.15) is 0 Å². The number of likely N-dealkylation sites (tertiary alicyclic amines) is 1. The van der Waals surface area contributed by atoms with E-state index >= 15 is 0 Å². The average Bonchev–Trinajstić information content (AvgIpc) is 3.40. The Labute approximate surface area is 257 Å². The molecule has 1 unspecified atom stereocenters. The molecule has 5 amide bonds. The van der Waals surface area contributed by atoms with Crippen molar-refractivity contribution in [2.45, 2.75) is 109 Å². The fraction of sp³-hybridized carbons (Fsp3) is 0.677. The first-order valence-electron chi connectivity index (χ1n) is 15.7. The lowest BCUT2D eigenvalue weighted by molar-refractivity contribution is -0.147. The van der Waals surface area contributed by atoms with Gasteiger partial charge in [-0.15, -0.1) is 0 Å². The first-order chi connectivity index (χ1) is 20.9. The van der Waals surface area contributed by atoms with Crippen molar-refractivity contribution in [2.75, 3.05) is 6.54 Å². The SMILES string of the molecule is CC(C)(C)[C@H](NC(=O)C(NC(=O)c1cnccn1)C1CCCCC1)C(=O)N1[C@H](C(=O)NCC(=O)C(N)=O)C[C@@H]2CCCC[C@@H]21. The molecule has 1 saturated heterocycles. The van der Waals surface area contributed by atoms with Gasteiger partial charge in [-0.3, -0.25) is 33.8 Å². The first-order valence-corrected chi connectivity index (χ1v) is 15.7. The van der Waals surface area contributed by atoms with Crippen molar-refractivity contribution in [1.82, 2.24) is 30.8 Å². The molecule has 0 aromatic carbocycles. The van der Waals surface area contributed by atoms with E-state index in [2.05, 4.69) is 25.9 Å². The maximum Gasteiger partial charge on any atom is 0.286 e.